The van der Waals surface area contributed by atoms with Crippen LogP contribution in [0.25, 0.3) is 0 Å². The highest BCUT2D eigenvalue weighted by Crippen LogP contribution is 2.12. The number of hydrogen-bond acceptors (Lipinski definition) is 2. The molecule has 1 N–H and O–H groups in total. The minimum absolute atomic E-state index is 0.250. The van der Waals surface area contributed by atoms with Crippen molar-refractivity contribution in [2.75, 3.05) is 0 Å². The van der Waals surface area contributed by atoms with Gasteiger partial charge < -0.3 is 0 Å². The Kier molecular flexibility index (Phi) is 1.53. The molecule has 0 amide bonds. The highest BCUT2D eigenvalue weighted by atomic mass is 35.5. The van der Waals surface area contributed by atoms with E-state index < -0.39 is 0 Å². The molecule has 0 unspecified atom stereocenters. The number of aromatic nitrogens is 2. The molecule has 0 fully saturated rings. The second-order valence-electron chi connectivity index (χ2n) is 1.61. The Morgan fingerprint density at radius 3 is 2.67 bits per heavy atom. The van der Waals surface area contributed by atoms with Gasteiger partial charge in [-0.2, -0.15) is 5.10 Å². The summed E-state index contributed by atoms with van der Waals surface area (Å²) in [6.45, 7) is 1.70. The van der Waals surface area contributed by atoms with E-state index in [1.807, 2.05) is 0 Å². The van der Waals surface area contributed by atoms with Crippen molar-refractivity contribution >= 4 is 17.9 Å². The van der Waals surface area contributed by atoms with Crippen molar-refractivity contribution in [1.29, 1.82) is 0 Å². The number of halogens is 1. The van der Waals surface area contributed by atoms with E-state index in [2.05, 4.69) is 10.2 Å². The predicted octanol–water partition coefficient (Wildman–Crippen LogP) is 0.829. The van der Waals surface area contributed by atoms with Gasteiger partial charge in [0.05, 0.1) is 0 Å². The average molecular weight is 144 g/mol. The summed E-state index contributed by atoms with van der Waals surface area (Å²) in [6.07, 6.45) is 1.64. The Bertz CT molecular complexity index is 231. The molecule has 47 valence electrons. The summed E-state index contributed by atoms with van der Waals surface area (Å²) >= 11 is 5.51. The van der Waals surface area contributed by atoms with Crippen molar-refractivity contribution in [2.24, 2.45) is 0 Å². The van der Waals surface area contributed by atoms with Crippen LogP contribution in [0.1, 0.15) is 11.3 Å². The van der Waals surface area contributed by atoms with E-state index in [1.54, 1.807) is 13.2 Å². The first kappa shape index (κ1) is 6.29. The summed E-state index contributed by atoms with van der Waals surface area (Å²) in [5.41, 5.74) is 0.895. The van der Waals surface area contributed by atoms with Gasteiger partial charge in [0.15, 0.2) is 0 Å². The number of hydrogen-bond donors (Lipinski definition) is 1. The summed E-state index contributed by atoms with van der Waals surface area (Å²) < 4.78 is 0. The van der Waals surface area contributed by atoms with Crippen molar-refractivity contribution in [3.8, 4) is 0 Å². The van der Waals surface area contributed by atoms with E-state index >= 15 is 0 Å². The SMILES string of the molecule is Cc1c([C]=O)n[nH]c1Cl. The van der Waals surface area contributed by atoms with Crippen LogP contribution in [0.2, 0.25) is 5.15 Å². The molecule has 3 nitrogen and oxygen atoms in total. The zero-order valence-corrected chi connectivity index (χ0v) is 5.49. The van der Waals surface area contributed by atoms with Gasteiger partial charge in [-0.15, -0.1) is 0 Å². The topological polar surface area (TPSA) is 45.8 Å². The van der Waals surface area contributed by atoms with Crippen LogP contribution in [0, 0.1) is 6.92 Å². The lowest BCUT2D eigenvalue weighted by molar-refractivity contribution is 0.561. The molecule has 1 rings (SSSR count). The van der Waals surface area contributed by atoms with Crippen molar-refractivity contribution in [2.45, 2.75) is 6.92 Å². The molecule has 0 aliphatic carbocycles. The van der Waals surface area contributed by atoms with Gasteiger partial charge in [-0.05, 0) is 6.92 Å². The molecule has 0 aliphatic rings. The molecule has 0 aliphatic heterocycles. The predicted molar refractivity (Wildman–Crippen MR) is 33.1 cm³/mol. The van der Waals surface area contributed by atoms with Gasteiger partial charge in [0.2, 0.25) is 0 Å². The smallest absolute Gasteiger partial charge is 0.255 e. The first-order valence-corrected chi connectivity index (χ1v) is 2.72. The van der Waals surface area contributed by atoms with Gasteiger partial charge in [0, 0.05) is 5.56 Å². The van der Waals surface area contributed by atoms with E-state index in [-0.39, 0.29) is 5.69 Å². The molecule has 0 saturated heterocycles. The standard InChI is InChI=1S/C5H4ClN2O/c1-3-4(2-9)7-8-5(3)6/h1H3,(H,7,8). The molecule has 0 aromatic carbocycles. The summed E-state index contributed by atoms with van der Waals surface area (Å²) in [7, 11) is 0. The minimum atomic E-state index is 0.250. The maximum atomic E-state index is 9.97. The quantitative estimate of drug-likeness (QED) is 0.633. The van der Waals surface area contributed by atoms with Crippen molar-refractivity contribution in [1.82, 2.24) is 10.2 Å². The second-order valence-corrected chi connectivity index (χ2v) is 1.99. The second kappa shape index (κ2) is 2.19. The largest absolute Gasteiger partial charge is 0.283 e. The van der Waals surface area contributed by atoms with Crippen LogP contribution in [-0.2, 0) is 4.79 Å². The molecule has 0 saturated carbocycles. The Labute approximate surface area is 57.0 Å². The summed E-state index contributed by atoms with van der Waals surface area (Å²) in [4.78, 5) is 9.97. The van der Waals surface area contributed by atoms with Crippen LogP contribution in [0.5, 0.6) is 0 Å². The molecule has 0 bridgehead atoms. The third-order valence-corrected chi connectivity index (χ3v) is 1.41. The zero-order valence-electron chi connectivity index (χ0n) is 4.73. The molecule has 0 spiro atoms. The first-order chi connectivity index (χ1) is 4.25. The monoisotopic (exact) mass is 143 g/mol. The highest BCUT2D eigenvalue weighted by Gasteiger charge is 2.04. The lowest BCUT2D eigenvalue weighted by Crippen LogP contribution is -1.81. The van der Waals surface area contributed by atoms with E-state index in [0.717, 1.165) is 0 Å². The Hall–Kier alpha value is -0.830. The number of H-pyrrole nitrogens is 1. The normalized spacial score (nSPS) is 9.56. The summed E-state index contributed by atoms with van der Waals surface area (Å²) in [6, 6.07) is 0. The van der Waals surface area contributed by atoms with Gasteiger partial charge in [-0.3, -0.25) is 9.89 Å². The summed E-state index contributed by atoms with van der Waals surface area (Å²) in [5, 5.41) is 6.39. The Balaban J connectivity index is 3.18. The number of aromatic amines is 1. The van der Waals surface area contributed by atoms with Crippen molar-refractivity contribution in [3.05, 3.63) is 16.4 Å². The van der Waals surface area contributed by atoms with Crippen LogP contribution >= 0.6 is 11.6 Å². The molecule has 1 heterocycles. The van der Waals surface area contributed by atoms with E-state index in [9.17, 15) is 4.79 Å². The molecule has 0 atom stereocenters. The van der Waals surface area contributed by atoms with Crippen LogP contribution in [0.15, 0.2) is 0 Å². The molecule has 4 heteroatoms. The van der Waals surface area contributed by atoms with E-state index in [4.69, 9.17) is 11.6 Å². The molecular formula is C5H4ClN2O. The number of rotatable bonds is 1. The Morgan fingerprint density at radius 1 is 1.78 bits per heavy atom. The van der Waals surface area contributed by atoms with Crippen molar-refractivity contribution < 1.29 is 4.79 Å². The summed E-state index contributed by atoms with van der Waals surface area (Å²) in [5.74, 6) is 0. The van der Waals surface area contributed by atoms with E-state index in [1.165, 1.54) is 0 Å². The molecule has 1 aromatic heterocycles. The van der Waals surface area contributed by atoms with Gasteiger partial charge in [-0.25, -0.2) is 0 Å². The molecular weight excluding hydrogens is 140 g/mol. The Morgan fingerprint density at radius 2 is 2.44 bits per heavy atom. The van der Waals surface area contributed by atoms with Gasteiger partial charge in [-0.1, -0.05) is 11.6 Å². The lowest BCUT2D eigenvalue weighted by atomic mass is 10.3. The fraction of sp³-hybridized carbons (Fsp3) is 0.200. The molecule has 1 radical (unpaired) electrons. The third kappa shape index (κ3) is 0.954. The average Bonchev–Trinajstić information content (AvgIpc) is 2.15. The maximum Gasteiger partial charge on any atom is 0.255 e. The van der Waals surface area contributed by atoms with Crippen molar-refractivity contribution in [3.63, 3.8) is 0 Å². The van der Waals surface area contributed by atoms with Gasteiger partial charge >= 0.3 is 0 Å². The molecule has 1 aromatic rings. The van der Waals surface area contributed by atoms with E-state index in [0.29, 0.717) is 10.7 Å². The lowest BCUT2D eigenvalue weighted by Gasteiger charge is -1.79. The zero-order chi connectivity index (χ0) is 6.85. The maximum absolute atomic E-state index is 9.97. The fourth-order valence-electron chi connectivity index (χ4n) is 0.476. The van der Waals surface area contributed by atoms with Gasteiger partial charge in [0.1, 0.15) is 10.8 Å². The third-order valence-electron chi connectivity index (χ3n) is 1.05. The first-order valence-electron chi connectivity index (χ1n) is 2.34. The van der Waals surface area contributed by atoms with Gasteiger partial charge in [0.25, 0.3) is 6.29 Å². The highest BCUT2D eigenvalue weighted by molar-refractivity contribution is 6.30. The minimum Gasteiger partial charge on any atom is -0.283 e. The van der Waals surface area contributed by atoms with Crippen LogP contribution in [0.4, 0.5) is 0 Å². The molecule has 9 heavy (non-hydrogen) atoms. The van der Waals surface area contributed by atoms with Crippen LogP contribution < -0.4 is 0 Å². The van der Waals surface area contributed by atoms with Crippen LogP contribution in [-0.4, -0.2) is 16.5 Å². The number of nitrogens with one attached hydrogen (secondary N) is 1. The fourth-order valence-corrected chi connectivity index (χ4v) is 0.608. The number of carbonyl (C=O) groups excluding carboxylic acids is 1. The van der Waals surface area contributed by atoms with Crippen LogP contribution in [0.3, 0.4) is 0 Å². The number of nitrogens with zero attached hydrogens (tertiary/aromatic N) is 1.